The molecular formula is C14H26N4S. The normalized spacial score (nSPS) is 13.8. The summed E-state index contributed by atoms with van der Waals surface area (Å²) in [6, 6.07) is 0. The first-order valence-electron chi connectivity index (χ1n) is 6.75. The largest absolute Gasteiger partial charge is 0.387 e. The van der Waals surface area contributed by atoms with Gasteiger partial charge in [-0.2, -0.15) is 0 Å². The molecule has 0 bridgehead atoms. The molecule has 1 rings (SSSR count). The Hall–Kier alpha value is -0.940. The second kappa shape index (κ2) is 6.48. The van der Waals surface area contributed by atoms with Crippen LogP contribution in [0.1, 0.15) is 45.3 Å². The molecule has 3 N–H and O–H groups in total. The van der Waals surface area contributed by atoms with Crippen LogP contribution in [-0.4, -0.2) is 28.8 Å². The summed E-state index contributed by atoms with van der Waals surface area (Å²) in [5, 5.41) is 10.8. The number of nitrogens with zero attached hydrogens (tertiary/aromatic N) is 2. The summed E-state index contributed by atoms with van der Waals surface area (Å²) in [7, 11) is 0. The van der Waals surface area contributed by atoms with Crippen molar-refractivity contribution in [1.29, 1.82) is 5.41 Å². The lowest BCUT2D eigenvalue weighted by Crippen LogP contribution is -2.34. The molecule has 0 aliphatic carbocycles. The summed E-state index contributed by atoms with van der Waals surface area (Å²) < 4.78 is 0. The van der Waals surface area contributed by atoms with Gasteiger partial charge in [0.15, 0.2) is 0 Å². The highest BCUT2D eigenvalue weighted by Crippen LogP contribution is 2.24. The number of thiazole rings is 1. The Morgan fingerprint density at radius 3 is 2.58 bits per heavy atom. The summed E-state index contributed by atoms with van der Waals surface area (Å²) in [5.41, 5.74) is 6.80. The van der Waals surface area contributed by atoms with Crippen LogP contribution in [-0.2, 0) is 12.0 Å². The van der Waals surface area contributed by atoms with Crippen LogP contribution in [0.15, 0.2) is 5.38 Å². The molecule has 0 saturated carbocycles. The van der Waals surface area contributed by atoms with Crippen molar-refractivity contribution >= 4 is 17.2 Å². The molecule has 0 fully saturated rings. The maximum atomic E-state index is 7.47. The summed E-state index contributed by atoms with van der Waals surface area (Å²) in [6.07, 6.45) is 0. The van der Waals surface area contributed by atoms with E-state index in [2.05, 4.69) is 38.0 Å². The first-order chi connectivity index (χ1) is 8.74. The second-order valence-corrected chi connectivity index (χ2v) is 7.00. The van der Waals surface area contributed by atoms with Gasteiger partial charge in [0.25, 0.3) is 0 Å². The zero-order valence-corrected chi connectivity index (χ0v) is 13.5. The quantitative estimate of drug-likeness (QED) is 0.623. The van der Waals surface area contributed by atoms with E-state index in [1.807, 2.05) is 6.92 Å². The minimum absolute atomic E-state index is 0.0991. The minimum atomic E-state index is 0.0991. The predicted molar refractivity (Wildman–Crippen MR) is 82.8 cm³/mol. The van der Waals surface area contributed by atoms with Crippen molar-refractivity contribution in [2.75, 3.05) is 13.1 Å². The van der Waals surface area contributed by atoms with Gasteiger partial charge >= 0.3 is 0 Å². The Labute approximate surface area is 120 Å². The van der Waals surface area contributed by atoms with Gasteiger partial charge in [-0.3, -0.25) is 10.3 Å². The number of nitrogens with one attached hydrogen (secondary N) is 1. The van der Waals surface area contributed by atoms with Crippen molar-refractivity contribution in [2.24, 2.45) is 11.7 Å². The van der Waals surface area contributed by atoms with E-state index in [0.717, 1.165) is 30.3 Å². The fourth-order valence-corrected chi connectivity index (χ4v) is 2.77. The van der Waals surface area contributed by atoms with Crippen LogP contribution in [0.3, 0.4) is 0 Å². The summed E-state index contributed by atoms with van der Waals surface area (Å²) in [5.74, 6) is 0.356. The van der Waals surface area contributed by atoms with E-state index in [4.69, 9.17) is 16.1 Å². The molecule has 4 nitrogen and oxygen atoms in total. The molecule has 1 unspecified atom stereocenters. The molecule has 19 heavy (non-hydrogen) atoms. The van der Waals surface area contributed by atoms with E-state index < -0.39 is 0 Å². The lowest BCUT2D eigenvalue weighted by molar-refractivity contribution is 0.262. The van der Waals surface area contributed by atoms with Gasteiger partial charge in [0.2, 0.25) is 0 Å². The van der Waals surface area contributed by atoms with Crippen LogP contribution in [0.25, 0.3) is 0 Å². The fraction of sp³-hybridized carbons (Fsp3) is 0.714. The number of amidine groups is 1. The van der Waals surface area contributed by atoms with Gasteiger partial charge in [0.05, 0.1) is 18.1 Å². The molecule has 1 atom stereocenters. The standard InChI is InChI=1S/C14H26N4S/c1-6-18(7-10(2)13(15)16)8-12-17-11(9-19-12)14(3,4)5/h9-10H,6-8H2,1-5H3,(H3,15,16). The second-order valence-electron chi connectivity index (χ2n) is 6.06. The van der Waals surface area contributed by atoms with Crippen LogP contribution in [0.4, 0.5) is 0 Å². The Morgan fingerprint density at radius 2 is 2.16 bits per heavy atom. The number of rotatable bonds is 6. The van der Waals surface area contributed by atoms with Crippen LogP contribution in [0.2, 0.25) is 0 Å². The first kappa shape index (κ1) is 16.1. The minimum Gasteiger partial charge on any atom is -0.387 e. The van der Waals surface area contributed by atoms with E-state index in [0.29, 0.717) is 0 Å². The molecule has 0 amide bonds. The molecule has 0 saturated heterocycles. The Balaban J connectivity index is 2.66. The SMILES string of the molecule is CCN(Cc1nc(C(C)(C)C)cs1)CC(C)C(=N)N. The van der Waals surface area contributed by atoms with Crippen LogP contribution >= 0.6 is 11.3 Å². The molecule has 0 aliphatic heterocycles. The first-order valence-corrected chi connectivity index (χ1v) is 7.63. The third-order valence-corrected chi connectivity index (χ3v) is 4.02. The highest BCUT2D eigenvalue weighted by atomic mass is 32.1. The lowest BCUT2D eigenvalue weighted by Gasteiger charge is -2.22. The summed E-state index contributed by atoms with van der Waals surface area (Å²) in [4.78, 5) is 7.00. The lowest BCUT2D eigenvalue weighted by atomic mass is 9.93. The van der Waals surface area contributed by atoms with Crippen LogP contribution in [0.5, 0.6) is 0 Å². The zero-order valence-electron chi connectivity index (χ0n) is 12.7. The van der Waals surface area contributed by atoms with Gasteiger partial charge in [-0.25, -0.2) is 4.98 Å². The summed E-state index contributed by atoms with van der Waals surface area (Å²) >= 11 is 1.72. The highest BCUT2D eigenvalue weighted by molar-refractivity contribution is 7.09. The van der Waals surface area contributed by atoms with Crippen LogP contribution in [0, 0.1) is 11.3 Å². The molecule has 0 radical (unpaired) electrons. The summed E-state index contributed by atoms with van der Waals surface area (Å²) in [6.45, 7) is 13.3. The molecule has 1 aromatic heterocycles. The maximum Gasteiger partial charge on any atom is 0.107 e. The Kier molecular flexibility index (Phi) is 5.50. The van der Waals surface area contributed by atoms with Crippen molar-refractivity contribution in [2.45, 2.75) is 46.6 Å². The van der Waals surface area contributed by atoms with E-state index in [1.54, 1.807) is 11.3 Å². The molecule has 5 heteroatoms. The van der Waals surface area contributed by atoms with Crippen molar-refractivity contribution in [1.82, 2.24) is 9.88 Å². The average Bonchev–Trinajstić information content (AvgIpc) is 2.76. The Bertz CT molecular complexity index is 419. The van der Waals surface area contributed by atoms with Gasteiger partial charge in [-0.05, 0) is 6.54 Å². The highest BCUT2D eigenvalue weighted by Gasteiger charge is 2.19. The van der Waals surface area contributed by atoms with E-state index in [1.165, 1.54) is 0 Å². The molecule has 108 valence electrons. The van der Waals surface area contributed by atoms with Crippen LogP contribution < -0.4 is 5.73 Å². The maximum absolute atomic E-state index is 7.47. The molecular weight excluding hydrogens is 256 g/mol. The number of hydrogen-bond donors (Lipinski definition) is 2. The van der Waals surface area contributed by atoms with E-state index >= 15 is 0 Å². The van der Waals surface area contributed by atoms with Gasteiger partial charge < -0.3 is 5.73 Å². The van der Waals surface area contributed by atoms with Gasteiger partial charge in [-0.15, -0.1) is 11.3 Å². The molecule has 1 heterocycles. The van der Waals surface area contributed by atoms with Crippen molar-refractivity contribution in [3.05, 3.63) is 16.1 Å². The fourth-order valence-electron chi connectivity index (χ4n) is 1.71. The van der Waals surface area contributed by atoms with Gasteiger partial charge in [0.1, 0.15) is 5.01 Å². The van der Waals surface area contributed by atoms with Crippen molar-refractivity contribution in [3.63, 3.8) is 0 Å². The van der Waals surface area contributed by atoms with Gasteiger partial charge in [-0.1, -0.05) is 34.6 Å². The molecule has 0 aromatic carbocycles. The molecule has 1 aromatic rings. The third-order valence-electron chi connectivity index (χ3n) is 3.19. The van der Waals surface area contributed by atoms with Gasteiger partial charge in [0, 0.05) is 23.3 Å². The molecule has 0 spiro atoms. The molecule has 0 aliphatic rings. The van der Waals surface area contributed by atoms with Crippen molar-refractivity contribution < 1.29 is 0 Å². The third kappa shape index (κ3) is 4.91. The Morgan fingerprint density at radius 1 is 1.53 bits per heavy atom. The average molecular weight is 282 g/mol. The topological polar surface area (TPSA) is 66.0 Å². The number of aromatic nitrogens is 1. The number of nitrogens with two attached hydrogens (primary N) is 1. The monoisotopic (exact) mass is 282 g/mol. The smallest absolute Gasteiger partial charge is 0.107 e. The van der Waals surface area contributed by atoms with E-state index in [9.17, 15) is 0 Å². The van der Waals surface area contributed by atoms with E-state index in [-0.39, 0.29) is 17.2 Å². The van der Waals surface area contributed by atoms with Crippen molar-refractivity contribution in [3.8, 4) is 0 Å². The predicted octanol–water partition coefficient (Wildman–Crippen LogP) is 2.83. The zero-order chi connectivity index (χ0) is 14.6. The number of hydrogen-bond acceptors (Lipinski definition) is 4.